The van der Waals surface area contributed by atoms with Gasteiger partial charge >= 0.3 is 0 Å². The van der Waals surface area contributed by atoms with E-state index in [1.54, 1.807) is 12.3 Å². The topological polar surface area (TPSA) is 74.2 Å². The zero-order chi connectivity index (χ0) is 19.1. The number of hydrogen-bond donors (Lipinski definition) is 1. The Hall–Kier alpha value is -2.99. The highest BCUT2D eigenvalue weighted by Crippen LogP contribution is 2.40. The molecule has 0 saturated carbocycles. The maximum Gasteiger partial charge on any atom is 0.183 e. The van der Waals surface area contributed by atoms with E-state index in [-0.39, 0.29) is 5.75 Å². The average Bonchev–Trinajstić information content (AvgIpc) is 3.27. The minimum Gasteiger partial charge on any atom is -0.504 e. The third kappa shape index (κ3) is 2.90. The first-order valence-corrected chi connectivity index (χ1v) is 9.76. The number of aryl methyl sites for hydroxylation is 1. The molecule has 6 nitrogen and oxygen atoms in total. The van der Waals surface area contributed by atoms with Crippen LogP contribution in [0.25, 0.3) is 22.7 Å². The molecule has 0 amide bonds. The third-order valence-corrected chi connectivity index (χ3v) is 5.61. The molecule has 3 aromatic rings. The van der Waals surface area contributed by atoms with E-state index in [0.29, 0.717) is 17.3 Å². The number of furan rings is 1. The number of piperidine rings is 1. The highest BCUT2D eigenvalue weighted by Gasteiger charge is 2.21. The van der Waals surface area contributed by atoms with Crippen molar-refractivity contribution in [3.63, 3.8) is 0 Å². The van der Waals surface area contributed by atoms with E-state index < -0.39 is 0 Å². The van der Waals surface area contributed by atoms with Crippen LogP contribution < -0.4 is 0 Å². The van der Waals surface area contributed by atoms with Crippen LogP contribution in [-0.4, -0.2) is 28.1 Å². The fraction of sp³-hybridized carbons (Fsp3) is 0.318. The molecule has 0 radical (unpaired) electrons. The Balaban J connectivity index is 1.57. The average molecular weight is 374 g/mol. The minimum absolute atomic E-state index is 0.148. The van der Waals surface area contributed by atoms with Gasteiger partial charge in [0.2, 0.25) is 0 Å². The fourth-order valence-corrected chi connectivity index (χ4v) is 4.02. The largest absolute Gasteiger partial charge is 0.504 e. The summed E-state index contributed by atoms with van der Waals surface area (Å²) >= 11 is 0. The number of hydrogen-bond acceptors (Lipinski definition) is 6. The first-order chi connectivity index (χ1) is 13.7. The van der Waals surface area contributed by atoms with Crippen LogP contribution in [0.1, 0.15) is 41.7 Å². The smallest absolute Gasteiger partial charge is 0.183 e. The van der Waals surface area contributed by atoms with E-state index in [9.17, 15) is 5.11 Å². The molecule has 2 aromatic heterocycles. The lowest BCUT2D eigenvalue weighted by Crippen LogP contribution is -2.29. The molecule has 0 bridgehead atoms. The summed E-state index contributed by atoms with van der Waals surface area (Å²) < 4.78 is 6.15. The van der Waals surface area contributed by atoms with Crippen molar-refractivity contribution in [2.75, 3.05) is 13.1 Å². The van der Waals surface area contributed by atoms with E-state index in [4.69, 9.17) is 4.42 Å². The van der Waals surface area contributed by atoms with Gasteiger partial charge in [-0.2, -0.15) is 0 Å². The number of pyridine rings is 1. The summed E-state index contributed by atoms with van der Waals surface area (Å²) in [5, 5.41) is 19.8. The van der Waals surface area contributed by atoms with Crippen LogP contribution in [0.4, 0.5) is 5.82 Å². The maximum absolute atomic E-state index is 10.8. The van der Waals surface area contributed by atoms with Gasteiger partial charge in [0, 0.05) is 29.9 Å². The molecule has 1 aromatic carbocycles. The predicted octanol–water partition coefficient (Wildman–Crippen LogP) is 5.42. The second kappa shape index (κ2) is 6.87. The maximum atomic E-state index is 10.8. The summed E-state index contributed by atoms with van der Waals surface area (Å²) in [4.78, 5) is 6.68. The van der Waals surface area contributed by atoms with Gasteiger partial charge in [-0.05, 0) is 56.6 Å². The van der Waals surface area contributed by atoms with E-state index >= 15 is 0 Å². The number of likely N-dealkylation sites (tertiary alicyclic amines) is 1. The summed E-state index contributed by atoms with van der Waals surface area (Å²) in [5.41, 5.74) is 4.57. The molecule has 0 unspecified atom stereocenters. The predicted molar refractivity (Wildman–Crippen MR) is 108 cm³/mol. The zero-order valence-electron chi connectivity index (χ0n) is 15.9. The minimum atomic E-state index is 0.148. The lowest BCUT2D eigenvalue weighted by atomic mass is 10.0. The SMILES string of the molecule is Cc1ccc2c(O)c(C=C3N=Nc4ncccc43)oc2c1CN1CCCCC1. The lowest BCUT2D eigenvalue weighted by Gasteiger charge is -2.27. The number of rotatable bonds is 3. The van der Waals surface area contributed by atoms with E-state index in [2.05, 4.69) is 33.1 Å². The molecule has 5 rings (SSSR count). The molecule has 142 valence electrons. The molecule has 28 heavy (non-hydrogen) atoms. The Kier molecular flexibility index (Phi) is 4.20. The number of fused-ring (bicyclic) bond motifs is 2. The number of benzene rings is 1. The number of aromatic hydroxyl groups is 1. The van der Waals surface area contributed by atoms with E-state index in [1.807, 2.05) is 18.2 Å². The Morgan fingerprint density at radius 1 is 1.14 bits per heavy atom. The number of aromatic nitrogens is 1. The second-order valence-electron chi connectivity index (χ2n) is 7.49. The quantitative estimate of drug-likeness (QED) is 0.664. The van der Waals surface area contributed by atoms with Gasteiger partial charge in [0.1, 0.15) is 11.3 Å². The molecular formula is C22H22N4O2. The summed E-state index contributed by atoms with van der Waals surface area (Å²) in [6, 6.07) is 7.75. The van der Waals surface area contributed by atoms with Gasteiger partial charge in [0.25, 0.3) is 0 Å². The van der Waals surface area contributed by atoms with Gasteiger partial charge in [-0.3, -0.25) is 4.90 Å². The second-order valence-corrected chi connectivity index (χ2v) is 7.49. The van der Waals surface area contributed by atoms with Crippen molar-refractivity contribution in [3.05, 3.63) is 52.9 Å². The van der Waals surface area contributed by atoms with E-state index in [1.165, 1.54) is 24.8 Å². The first kappa shape index (κ1) is 17.1. The molecule has 6 heteroatoms. The first-order valence-electron chi connectivity index (χ1n) is 9.76. The summed E-state index contributed by atoms with van der Waals surface area (Å²) in [6.45, 7) is 5.18. The molecule has 0 aliphatic carbocycles. The third-order valence-electron chi connectivity index (χ3n) is 5.61. The van der Waals surface area contributed by atoms with E-state index in [0.717, 1.165) is 41.7 Å². The van der Waals surface area contributed by atoms with Crippen LogP contribution in [0.5, 0.6) is 5.75 Å². The van der Waals surface area contributed by atoms with Gasteiger partial charge in [0.15, 0.2) is 17.3 Å². The molecule has 1 saturated heterocycles. The Bertz CT molecular complexity index is 1110. The summed E-state index contributed by atoms with van der Waals surface area (Å²) in [7, 11) is 0. The molecule has 4 heterocycles. The van der Waals surface area contributed by atoms with Gasteiger partial charge in [-0.25, -0.2) is 4.98 Å². The molecule has 2 aliphatic heterocycles. The van der Waals surface area contributed by atoms with Crippen molar-refractivity contribution in [2.45, 2.75) is 32.7 Å². The Morgan fingerprint density at radius 2 is 2.00 bits per heavy atom. The van der Waals surface area contributed by atoms with Crippen molar-refractivity contribution in [1.29, 1.82) is 0 Å². The van der Waals surface area contributed by atoms with Crippen LogP contribution >= 0.6 is 0 Å². The normalized spacial score (nSPS) is 18.2. The highest BCUT2D eigenvalue weighted by molar-refractivity contribution is 5.94. The van der Waals surface area contributed by atoms with Gasteiger partial charge in [0.05, 0.1) is 5.39 Å². The standard InChI is InChI=1S/C22H22N4O2/c1-14-7-8-16-20(27)19(12-18-15-6-5-9-23-22(15)25-24-18)28-21(16)17(14)13-26-10-3-2-4-11-26/h5-9,12,27H,2-4,10-11,13H2,1H3. The summed E-state index contributed by atoms with van der Waals surface area (Å²) in [6.07, 6.45) is 7.23. The van der Waals surface area contributed by atoms with Crippen LogP contribution in [0.3, 0.4) is 0 Å². The van der Waals surface area contributed by atoms with Gasteiger partial charge in [-0.1, -0.05) is 12.5 Å². The van der Waals surface area contributed by atoms with Crippen molar-refractivity contribution in [3.8, 4) is 5.75 Å². The molecular weight excluding hydrogens is 352 g/mol. The van der Waals surface area contributed by atoms with Gasteiger partial charge in [-0.15, -0.1) is 10.2 Å². The van der Waals surface area contributed by atoms with Crippen LogP contribution in [0.15, 0.2) is 45.1 Å². The number of nitrogens with zero attached hydrogens (tertiary/aromatic N) is 4. The zero-order valence-corrected chi connectivity index (χ0v) is 15.9. The molecule has 1 N–H and O–H groups in total. The summed E-state index contributed by atoms with van der Waals surface area (Å²) in [5.74, 6) is 1.15. The Labute approximate surface area is 163 Å². The molecule has 0 atom stereocenters. The molecule has 1 fully saturated rings. The monoisotopic (exact) mass is 374 g/mol. The number of azo groups is 1. The van der Waals surface area contributed by atoms with Crippen molar-refractivity contribution < 1.29 is 9.52 Å². The van der Waals surface area contributed by atoms with Gasteiger partial charge < -0.3 is 9.52 Å². The van der Waals surface area contributed by atoms with Crippen LogP contribution in [0.2, 0.25) is 0 Å². The van der Waals surface area contributed by atoms with Crippen molar-refractivity contribution >= 4 is 28.6 Å². The van der Waals surface area contributed by atoms with Crippen molar-refractivity contribution in [2.24, 2.45) is 10.2 Å². The van der Waals surface area contributed by atoms with Crippen molar-refractivity contribution in [1.82, 2.24) is 9.88 Å². The fourth-order valence-electron chi connectivity index (χ4n) is 4.02. The van der Waals surface area contributed by atoms with Crippen LogP contribution in [-0.2, 0) is 6.54 Å². The lowest BCUT2D eigenvalue weighted by molar-refractivity contribution is 0.220. The highest BCUT2D eigenvalue weighted by atomic mass is 16.4. The molecule has 0 spiro atoms. The van der Waals surface area contributed by atoms with Crippen LogP contribution in [0, 0.1) is 6.92 Å². The molecule has 2 aliphatic rings. The Morgan fingerprint density at radius 3 is 2.86 bits per heavy atom.